The normalized spacial score (nSPS) is 20.1. The summed E-state index contributed by atoms with van der Waals surface area (Å²) < 4.78 is 25.3. The van der Waals surface area contributed by atoms with Gasteiger partial charge in [0, 0.05) is 39.9 Å². The molecule has 1 saturated heterocycles. The van der Waals surface area contributed by atoms with Crippen LogP contribution in [0.1, 0.15) is 31.2 Å². The van der Waals surface area contributed by atoms with Gasteiger partial charge in [-0.15, -0.1) is 0 Å². The van der Waals surface area contributed by atoms with Gasteiger partial charge in [-0.05, 0) is 55.1 Å². The van der Waals surface area contributed by atoms with Crippen LogP contribution in [0.3, 0.4) is 0 Å². The lowest BCUT2D eigenvalue weighted by molar-refractivity contribution is -0.129. The van der Waals surface area contributed by atoms with Gasteiger partial charge >= 0.3 is 0 Å². The van der Waals surface area contributed by atoms with Crippen LogP contribution in [0.25, 0.3) is 0 Å². The Bertz CT molecular complexity index is 985. The van der Waals surface area contributed by atoms with Gasteiger partial charge in [0.15, 0.2) is 0 Å². The number of carbonyl (C=O) groups excluding carboxylic acids is 1. The number of hydrogen-bond donors (Lipinski definition) is 0. The number of anilines is 1. The van der Waals surface area contributed by atoms with Crippen molar-refractivity contribution >= 4 is 23.5 Å². The fourth-order valence-corrected chi connectivity index (χ4v) is 5.01. The molecule has 2 aromatic rings. The number of ether oxygens (including phenoxy) is 2. The lowest BCUT2D eigenvalue weighted by Crippen LogP contribution is -2.35. The predicted molar refractivity (Wildman–Crippen MR) is 133 cm³/mol. The maximum atomic E-state index is 14.5. The number of nitrogens with zero attached hydrogens (tertiary/aromatic N) is 4. The molecule has 0 spiro atoms. The van der Waals surface area contributed by atoms with Crippen LogP contribution in [-0.4, -0.2) is 67.8 Å². The van der Waals surface area contributed by atoms with Crippen molar-refractivity contribution < 1.29 is 18.7 Å². The first-order valence-electron chi connectivity index (χ1n) is 12.3. The largest absolute Gasteiger partial charge is 0.493 e. The minimum Gasteiger partial charge on any atom is -0.493 e. The Morgan fingerprint density at radius 2 is 1.97 bits per heavy atom. The molecule has 1 aromatic carbocycles. The van der Waals surface area contributed by atoms with Gasteiger partial charge in [0.1, 0.15) is 11.6 Å². The van der Waals surface area contributed by atoms with Crippen LogP contribution in [0.4, 0.5) is 10.3 Å². The molecule has 1 aromatic heterocycles. The van der Waals surface area contributed by atoms with Crippen molar-refractivity contribution in [2.24, 2.45) is 17.8 Å². The minimum atomic E-state index is -0.406. The summed E-state index contributed by atoms with van der Waals surface area (Å²) in [6.07, 6.45) is 7.86. The van der Waals surface area contributed by atoms with Crippen molar-refractivity contribution in [3.05, 3.63) is 47.0 Å². The number of likely N-dealkylation sites (N-methyl/N-ethyl adjacent to an activating group) is 1. The zero-order chi connectivity index (χ0) is 24.8. The number of aromatic nitrogens is 2. The Kier molecular flexibility index (Phi) is 8.78. The van der Waals surface area contributed by atoms with Crippen LogP contribution in [-0.2, 0) is 16.0 Å². The molecule has 1 aliphatic carbocycles. The highest BCUT2D eigenvalue weighted by Gasteiger charge is 2.43. The standard InChI is InChI=1S/C26H34ClFN4O3/c1-31(10-12-34-2)25(33)14-20-3-4-22(15-24(20)28)35-11-7-19-13-23(19)18-5-8-32(9-6-18)26-29-16-21(27)17-30-26/h3-4,15-19,23H,5-14H2,1-2H3. The van der Waals surface area contributed by atoms with Gasteiger partial charge in [-0.1, -0.05) is 17.7 Å². The molecule has 1 saturated carbocycles. The smallest absolute Gasteiger partial charge is 0.226 e. The number of rotatable bonds is 11. The molecule has 35 heavy (non-hydrogen) atoms. The SMILES string of the molecule is COCCN(C)C(=O)Cc1ccc(OCCC2CC2C2CCN(c3ncc(Cl)cn3)CC2)cc1F. The number of carbonyl (C=O) groups is 1. The van der Waals surface area contributed by atoms with E-state index in [-0.39, 0.29) is 12.3 Å². The minimum absolute atomic E-state index is 0.0268. The predicted octanol–water partition coefficient (Wildman–Crippen LogP) is 4.24. The average molecular weight is 505 g/mol. The molecule has 2 fully saturated rings. The lowest BCUT2D eigenvalue weighted by Gasteiger charge is -2.32. The van der Waals surface area contributed by atoms with E-state index in [1.807, 2.05) is 0 Å². The van der Waals surface area contributed by atoms with Gasteiger partial charge in [-0.25, -0.2) is 14.4 Å². The first kappa shape index (κ1) is 25.6. The molecule has 4 rings (SSSR count). The first-order valence-corrected chi connectivity index (χ1v) is 12.7. The number of hydrogen-bond acceptors (Lipinski definition) is 6. The third-order valence-corrected chi connectivity index (χ3v) is 7.39. The van der Waals surface area contributed by atoms with Crippen LogP contribution in [0.2, 0.25) is 5.02 Å². The monoisotopic (exact) mass is 504 g/mol. The van der Waals surface area contributed by atoms with Crippen LogP contribution >= 0.6 is 11.6 Å². The van der Waals surface area contributed by atoms with E-state index in [2.05, 4.69) is 14.9 Å². The van der Waals surface area contributed by atoms with Crippen molar-refractivity contribution in [3.8, 4) is 5.75 Å². The van der Waals surface area contributed by atoms with Crippen molar-refractivity contribution in [2.75, 3.05) is 51.9 Å². The number of halogens is 2. The maximum Gasteiger partial charge on any atom is 0.226 e. The Morgan fingerprint density at radius 3 is 2.66 bits per heavy atom. The van der Waals surface area contributed by atoms with Crippen LogP contribution in [0.5, 0.6) is 5.75 Å². The average Bonchev–Trinajstić information content (AvgIpc) is 3.64. The molecular weight excluding hydrogens is 471 g/mol. The summed E-state index contributed by atoms with van der Waals surface area (Å²) in [5.74, 6) is 2.90. The number of amides is 1. The second-order valence-corrected chi connectivity index (χ2v) is 10.00. The first-order chi connectivity index (χ1) is 16.9. The lowest BCUT2D eigenvalue weighted by atomic mass is 9.90. The van der Waals surface area contributed by atoms with Crippen molar-refractivity contribution in [2.45, 2.75) is 32.1 Å². The summed E-state index contributed by atoms with van der Waals surface area (Å²) in [6.45, 7) is 3.47. The van der Waals surface area contributed by atoms with Crippen LogP contribution in [0, 0.1) is 23.6 Å². The van der Waals surface area contributed by atoms with E-state index < -0.39 is 5.82 Å². The molecule has 0 bridgehead atoms. The molecule has 1 aliphatic heterocycles. The van der Waals surface area contributed by atoms with E-state index in [1.54, 1.807) is 43.6 Å². The van der Waals surface area contributed by atoms with Crippen LogP contribution in [0.15, 0.2) is 30.6 Å². The highest BCUT2D eigenvalue weighted by molar-refractivity contribution is 6.30. The molecule has 2 atom stereocenters. The van der Waals surface area contributed by atoms with Gasteiger partial charge < -0.3 is 19.3 Å². The van der Waals surface area contributed by atoms with E-state index in [0.717, 1.165) is 50.1 Å². The second-order valence-electron chi connectivity index (χ2n) is 9.56. The van der Waals surface area contributed by atoms with E-state index in [4.69, 9.17) is 21.1 Å². The summed E-state index contributed by atoms with van der Waals surface area (Å²) >= 11 is 5.89. The summed E-state index contributed by atoms with van der Waals surface area (Å²) in [7, 11) is 3.28. The molecule has 190 valence electrons. The zero-order valence-corrected chi connectivity index (χ0v) is 21.2. The summed E-state index contributed by atoms with van der Waals surface area (Å²) in [5, 5.41) is 0.557. The molecule has 2 aliphatic rings. The van der Waals surface area contributed by atoms with Crippen molar-refractivity contribution in [1.82, 2.24) is 14.9 Å². The molecule has 9 heteroatoms. The topological polar surface area (TPSA) is 67.8 Å². The fourth-order valence-electron chi connectivity index (χ4n) is 4.92. The number of benzene rings is 1. The third kappa shape index (κ3) is 7.04. The summed E-state index contributed by atoms with van der Waals surface area (Å²) in [4.78, 5) is 24.7. The summed E-state index contributed by atoms with van der Waals surface area (Å²) in [6, 6.07) is 4.78. The Hall–Kier alpha value is -2.45. The number of methoxy groups -OCH3 is 1. The Balaban J connectivity index is 1.16. The Morgan fingerprint density at radius 1 is 1.23 bits per heavy atom. The Labute approximate surface area is 211 Å². The molecule has 1 amide bonds. The summed E-state index contributed by atoms with van der Waals surface area (Å²) in [5.41, 5.74) is 0.379. The highest BCUT2D eigenvalue weighted by atomic mass is 35.5. The molecular formula is C26H34ClFN4O3. The molecule has 0 radical (unpaired) electrons. The highest BCUT2D eigenvalue weighted by Crippen LogP contribution is 2.49. The van der Waals surface area contributed by atoms with E-state index in [1.165, 1.54) is 12.5 Å². The van der Waals surface area contributed by atoms with E-state index in [0.29, 0.717) is 42.0 Å². The maximum absolute atomic E-state index is 14.5. The molecule has 2 heterocycles. The van der Waals surface area contributed by atoms with Gasteiger partial charge in [-0.2, -0.15) is 0 Å². The third-order valence-electron chi connectivity index (χ3n) is 7.19. The quantitative estimate of drug-likeness (QED) is 0.456. The zero-order valence-electron chi connectivity index (χ0n) is 20.5. The van der Waals surface area contributed by atoms with E-state index in [9.17, 15) is 9.18 Å². The van der Waals surface area contributed by atoms with Gasteiger partial charge in [-0.3, -0.25) is 4.79 Å². The molecule has 7 nitrogen and oxygen atoms in total. The van der Waals surface area contributed by atoms with Gasteiger partial charge in [0.25, 0.3) is 0 Å². The number of piperidine rings is 1. The second kappa shape index (κ2) is 12.0. The van der Waals surface area contributed by atoms with E-state index >= 15 is 0 Å². The van der Waals surface area contributed by atoms with Crippen LogP contribution < -0.4 is 9.64 Å². The molecule has 0 N–H and O–H groups in total. The van der Waals surface area contributed by atoms with Gasteiger partial charge in [0.2, 0.25) is 11.9 Å². The fraction of sp³-hybridized carbons (Fsp3) is 0.577. The van der Waals surface area contributed by atoms with Gasteiger partial charge in [0.05, 0.1) is 37.1 Å². The van der Waals surface area contributed by atoms with Crippen molar-refractivity contribution in [1.29, 1.82) is 0 Å². The van der Waals surface area contributed by atoms with Crippen molar-refractivity contribution in [3.63, 3.8) is 0 Å². The molecule has 2 unspecified atom stereocenters.